The molecule has 0 spiro atoms. The number of aromatic amines is 1. The van der Waals surface area contributed by atoms with Gasteiger partial charge in [0.15, 0.2) is 4.77 Å². The van der Waals surface area contributed by atoms with Crippen molar-refractivity contribution in [3.8, 4) is 5.75 Å². The van der Waals surface area contributed by atoms with Crippen LogP contribution in [0.4, 0.5) is 4.39 Å². The lowest BCUT2D eigenvalue weighted by Gasteiger charge is -2.06. The summed E-state index contributed by atoms with van der Waals surface area (Å²) < 4.78 is 21.5. The molecule has 0 bridgehead atoms. The Balaban J connectivity index is 1.92. The maximum Gasteiger partial charge on any atom is 0.178 e. The Labute approximate surface area is 127 Å². The normalized spacial score (nSPS) is 11.0. The van der Waals surface area contributed by atoms with E-state index in [2.05, 4.69) is 4.98 Å². The fourth-order valence-corrected chi connectivity index (χ4v) is 2.72. The highest BCUT2D eigenvalue weighted by atomic mass is 32.1. The zero-order chi connectivity index (χ0) is 14.8. The molecule has 0 radical (unpaired) electrons. The van der Waals surface area contributed by atoms with Crippen molar-refractivity contribution in [1.82, 2.24) is 9.55 Å². The molecule has 0 atom stereocenters. The molecule has 0 aliphatic heterocycles. The molecule has 3 aromatic rings. The summed E-state index contributed by atoms with van der Waals surface area (Å²) >= 11 is 5.35. The number of nitrogens with one attached hydrogen (secondary N) is 1. The first-order valence-corrected chi connectivity index (χ1v) is 7.10. The molecule has 0 aliphatic rings. The molecule has 1 N–H and O–H groups in total. The summed E-state index contributed by atoms with van der Waals surface area (Å²) in [6, 6.07) is 12.6. The van der Waals surface area contributed by atoms with Crippen molar-refractivity contribution < 1.29 is 9.13 Å². The standard InChI is InChI=1S/C16H15FN2OS/c1-20-12-6-7-15-14(10-12)18-16(21)19(15)9-8-11-4-2-3-5-13(11)17/h2-7,10H,8-9H2,1H3,(H,18,21). The molecule has 5 heteroatoms. The molecular weight excluding hydrogens is 287 g/mol. The number of rotatable bonds is 4. The minimum Gasteiger partial charge on any atom is -0.497 e. The number of fused-ring (bicyclic) bond motifs is 1. The molecule has 21 heavy (non-hydrogen) atoms. The van der Waals surface area contributed by atoms with Crippen LogP contribution in [0.1, 0.15) is 5.56 Å². The summed E-state index contributed by atoms with van der Waals surface area (Å²) in [5.74, 6) is 0.602. The molecular formula is C16H15FN2OS. The second-order valence-corrected chi connectivity index (χ2v) is 5.19. The van der Waals surface area contributed by atoms with E-state index in [9.17, 15) is 4.39 Å². The zero-order valence-electron chi connectivity index (χ0n) is 11.6. The van der Waals surface area contributed by atoms with Crippen LogP contribution in [0.5, 0.6) is 5.75 Å². The highest BCUT2D eigenvalue weighted by molar-refractivity contribution is 7.71. The van der Waals surface area contributed by atoms with Crippen LogP contribution in [0.3, 0.4) is 0 Å². The summed E-state index contributed by atoms with van der Waals surface area (Å²) in [6.07, 6.45) is 0.597. The van der Waals surface area contributed by atoms with Gasteiger partial charge in [-0.3, -0.25) is 0 Å². The molecule has 1 heterocycles. The second-order valence-electron chi connectivity index (χ2n) is 4.81. The van der Waals surface area contributed by atoms with Crippen LogP contribution in [0.25, 0.3) is 11.0 Å². The van der Waals surface area contributed by atoms with E-state index in [0.29, 0.717) is 23.3 Å². The molecule has 3 rings (SSSR count). The van der Waals surface area contributed by atoms with Crippen molar-refractivity contribution in [2.75, 3.05) is 7.11 Å². The van der Waals surface area contributed by atoms with Crippen molar-refractivity contribution in [2.24, 2.45) is 0 Å². The Hall–Kier alpha value is -2.14. The summed E-state index contributed by atoms with van der Waals surface area (Å²) in [6.45, 7) is 0.631. The van der Waals surface area contributed by atoms with Gasteiger partial charge in [-0.2, -0.15) is 0 Å². The van der Waals surface area contributed by atoms with Gasteiger partial charge in [0.1, 0.15) is 11.6 Å². The number of H-pyrrole nitrogens is 1. The van der Waals surface area contributed by atoms with Crippen molar-refractivity contribution >= 4 is 23.3 Å². The quantitative estimate of drug-likeness (QED) is 0.736. The van der Waals surface area contributed by atoms with Gasteiger partial charge < -0.3 is 14.3 Å². The molecule has 0 aliphatic carbocycles. The lowest BCUT2D eigenvalue weighted by atomic mass is 10.1. The number of aryl methyl sites for hydroxylation is 2. The van der Waals surface area contributed by atoms with Crippen LogP contribution in [0.2, 0.25) is 0 Å². The number of methoxy groups -OCH3 is 1. The third kappa shape index (κ3) is 2.69. The number of halogens is 1. The van der Waals surface area contributed by atoms with Gasteiger partial charge in [0.25, 0.3) is 0 Å². The van der Waals surface area contributed by atoms with Gasteiger partial charge in [-0.15, -0.1) is 0 Å². The van der Waals surface area contributed by atoms with E-state index < -0.39 is 0 Å². The van der Waals surface area contributed by atoms with Crippen molar-refractivity contribution in [3.05, 3.63) is 58.6 Å². The molecule has 0 amide bonds. The minimum absolute atomic E-state index is 0.175. The number of hydrogen-bond donors (Lipinski definition) is 1. The Morgan fingerprint density at radius 1 is 1.24 bits per heavy atom. The Kier molecular flexibility index (Phi) is 3.75. The van der Waals surface area contributed by atoms with Crippen LogP contribution in [-0.2, 0) is 13.0 Å². The van der Waals surface area contributed by atoms with Gasteiger partial charge in [0.05, 0.1) is 18.1 Å². The number of benzene rings is 2. The zero-order valence-corrected chi connectivity index (χ0v) is 12.4. The first-order valence-electron chi connectivity index (χ1n) is 6.69. The Morgan fingerprint density at radius 3 is 2.81 bits per heavy atom. The second kappa shape index (κ2) is 5.69. The molecule has 0 saturated heterocycles. The molecule has 0 unspecified atom stereocenters. The Morgan fingerprint density at radius 2 is 2.05 bits per heavy atom. The van der Waals surface area contributed by atoms with E-state index in [1.54, 1.807) is 19.2 Å². The number of ether oxygens (including phenoxy) is 1. The maximum atomic E-state index is 13.7. The van der Waals surface area contributed by atoms with Gasteiger partial charge in [0, 0.05) is 12.6 Å². The number of aromatic nitrogens is 2. The van der Waals surface area contributed by atoms with Crippen LogP contribution < -0.4 is 4.74 Å². The van der Waals surface area contributed by atoms with E-state index in [1.807, 2.05) is 28.8 Å². The third-order valence-electron chi connectivity index (χ3n) is 3.54. The van der Waals surface area contributed by atoms with Gasteiger partial charge >= 0.3 is 0 Å². The van der Waals surface area contributed by atoms with Crippen LogP contribution in [0, 0.1) is 10.6 Å². The monoisotopic (exact) mass is 302 g/mol. The minimum atomic E-state index is -0.175. The number of nitrogens with zero attached hydrogens (tertiary/aromatic N) is 1. The van der Waals surface area contributed by atoms with Gasteiger partial charge in [-0.05, 0) is 42.4 Å². The van der Waals surface area contributed by atoms with E-state index in [4.69, 9.17) is 17.0 Å². The predicted molar refractivity (Wildman–Crippen MR) is 83.8 cm³/mol. The summed E-state index contributed by atoms with van der Waals surface area (Å²) in [4.78, 5) is 3.16. The van der Waals surface area contributed by atoms with Crippen molar-refractivity contribution in [1.29, 1.82) is 0 Å². The molecule has 0 fully saturated rings. The van der Waals surface area contributed by atoms with E-state index in [0.717, 1.165) is 16.8 Å². The number of imidazole rings is 1. The lowest BCUT2D eigenvalue weighted by Crippen LogP contribution is -2.02. The summed E-state index contributed by atoms with van der Waals surface area (Å²) in [5.41, 5.74) is 2.62. The third-order valence-corrected chi connectivity index (χ3v) is 3.87. The van der Waals surface area contributed by atoms with Gasteiger partial charge in [-0.25, -0.2) is 4.39 Å². The van der Waals surface area contributed by atoms with Gasteiger partial charge in [0.2, 0.25) is 0 Å². The van der Waals surface area contributed by atoms with Crippen LogP contribution in [0.15, 0.2) is 42.5 Å². The van der Waals surface area contributed by atoms with Gasteiger partial charge in [-0.1, -0.05) is 18.2 Å². The molecule has 3 nitrogen and oxygen atoms in total. The van der Waals surface area contributed by atoms with E-state index in [1.165, 1.54) is 6.07 Å². The fraction of sp³-hybridized carbons (Fsp3) is 0.188. The smallest absolute Gasteiger partial charge is 0.178 e. The highest BCUT2D eigenvalue weighted by Gasteiger charge is 2.07. The first kappa shape index (κ1) is 13.8. The molecule has 0 saturated carbocycles. The highest BCUT2D eigenvalue weighted by Crippen LogP contribution is 2.21. The number of hydrogen-bond acceptors (Lipinski definition) is 2. The van der Waals surface area contributed by atoms with E-state index in [-0.39, 0.29) is 5.82 Å². The average molecular weight is 302 g/mol. The fourth-order valence-electron chi connectivity index (χ4n) is 2.43. The average Bonchev–Trinajstić information content (AvgIpc) is 2.81. The SMILES string of the molecule is COc1ccc2c(c1)[nH]c(=S)n2CCc1ccccc1F. The maximum absolute atomic E-state index is 13.7. The largest absolute Gasteiger partial charge is 0.497 e. The first-order chi connectivity index (χ1) is 10.2. The van der Waals surface area contributed by atoms with Crippen LogP contribution in [-0.4, -0.2) is 16.7 Å². The summed E-state index contributed by atoms with van der Waals surface area (Å²) in [5, 5.41) is 0. The molecule has 2 aromatic carbocycles. The van der Waals surface area contributed by atoms with Crippen molar-refractivity contribution in [3.63, 3.8) is 0 Å². The van der Waals surface area contributed by atoms with E-state index >= 15 is 0 Å². The molecule has 108 valence electrons. The topological polar surface area (TPSA) is 29.9 Å². The van der Waals surface area contributed by atoms with Crippen LogP contribution >= 0.6 is 12.2 Å². The summed E-state index contributed by atoms with van der Waals surface area (Å²) in [7, 11) is 1.63. The Bertz CT molecular complexity index is 838. The lowest BCUT2D eigenvalue weighted by molar-refractivity contribution is 0.415. The van der Waals surface area contributed by atoms with Crippen molar-refractivity contribution in [2.45, 2.75) is 13.0 Å². The molecule has 1 aromatic heterocycles. The predicted octanol–water partition coefficient (Wildman–Crippen LogP) is 4.09.